The molecule has 0 radical (unpaired) electrons. The van der Waals surface area contributed by atoms with Gasteiger partial charge in [-0.05, 0) is 18.4 Å². The van der Waals surface area contributed by atoms with E-state index in [1.807, 2.05) is 30.9 Å². The minimum atomic E-state index is 0.393. The van der Waals surface area contributed by atoms with Crippen LogP contribution in [0.15, 0.2) is 29.5 Å². The first-order valence-corrected chi connectivity index (χ1v) is 8.95. The first-order chi connectivity index (χ1) is 12.4. The number of guanidine groups is 1. The van der Waals surface area contributed by atoms with E-state index in [2.05, 4.69) is 47.3 Å². The third-order valence-electron chi connectivity index (χ3n) is 4.01. The number of nitrogens with zero attached hydrogens (tertiary/aromatic N) is 5. The summed E-state index contributed by atoms with van der Waals surface area (Å²) in [6.07, 6.45) is 3.88. The Hall–Kier alpha value is -2.57. The van der Waals surface area contributed by atoms with E-state index < -0.39 is 0 Å². The molecule has 0 atom stereocenters. The Morgan fingerprint density at radius 2 is 2.15 bits per heavy atom. The molecule has 0 aliphatic carbocycles. The molecule has 0 saturated carbocycles. The zero-order valence-corrected chi connectivity index (χ0v) is 16.7. The molecule has 142 valence electrons. The van der Waals surface area contributed by atoms with Crippen molar-refractivity contribution in [3.05, 3.63) is 41.3 Å². The Balaban J connectivity index is 2.11. The van der Waals surface area contributed by atoms with Crippen LogP contribution >= 0.6 is 0 Å². The van der Waals surface area contributed by atoms with Gasteiger partial charge in [-0.2, -0.15) is 5.10 Å². The maximum atomic E-state index is 5.09. The van der Waals surface area contributed by atoms with Crippen LogP contribution in [-0.4, -0.2) is 46.3 Å². The zero-order chi connectivity index (χ0) is 19.1. The molecule has 0 aliphatic rings. The van der Waals surface area contributed by atoms with Crippen molar-refractivity contribution in [3.63, 3.8) is 0 Å². The van der Waals surface area contributed by atoms with Crippen molar-refractivity contribution >= 4 is 5.96 Å². The third kappa shape index (κ3) is 5.21. The monoisotopic (exact) mass is 358 g/mol. The largest absolute Gasteiger partial charge is 0.481 e. The lowest BCUT2D eigenvalue weighted by molar-refractivity contribution is 0.397. The fourth-order valence-corrected chi connectivity index (χ4v) is 2.75. The van der Waals surface area contributed by atoms with E-state index in [-0.39, 0.29) is 0 Å². The van der Waals surface area contributed by atoms with Crippen molar-refractivity contribution in [2.45, 2.75) is 39.8 Å². The molecule has 0 bridgehead atoms. The number of aliphatic imine (C=N–C) groups is 1. The van der Waals surface area contributed by atoms with E-state index >= 15 is 0 Å². The number of rotatable bonds is 7. The molecule has 0 aliphatic heterocycles. The molecule has 26 heavy (non-hydrogen) atoms. The molecule has 2 aromatic heterocycles. The van der Waals surface area contributed by atoms with E-state index in [1.54, 1.807) is 13.3 Å². The van der Waals surface area contributed by atoms with Gasteiger partial charge in [0.2, 0.25) is 5.88 Å². The smallest absolute Gasteiger partial charge is 0.212 e. The summed E-state index contributed by atoms with van der Waals surface area (Å²) in [4.78, 5) is 11.1. The Labute approximate surface area is 156 Å². The standard InChI is InChI=1S/C19H30N6O/c1-7-20-19(22-11-15-8-9-17(26-6)21-10-15)24(4)12-16-13-25(5)23-18(16)14(2)3/h8-10,13-14H,7,11-12H2,1-6H3,(H,20,22). The van der Waals surface area contributed by atoms with Crippen molar-refractivity contribution in [2.75, 3.05) is 20.7 Å². The van der Waals surface area contributed by atoms with E-state index in [9.17, 15) is 0 Å². The lowest BCUT2D eigenvalue weighted by Crippen LogP contribution is -2.38. The maximum Gasteiger partial charge on any atom is 0.212 e. The molecule has 0 saturated heterocycles. The van der Waals surface area contributed by atoms with Crippen molar-refractivity contribution in [3.8, 4) is 5.88 Å². The van der Waals surface area contributed by atoms with Crippen LogP contribution in [0.4, 0.5) is 0 Å². The summed E-state index contributed by atoms with van der Waals surface area (Å²) in [5.41, 5.74) is 3.40. The van der Waals surface area contributed by atoms with Gasteiger partial charge in [-0.25, -0.2) is 9.98 Å². The molecule has 0 fully saturated rings. The molecule has 0 unspecified atom stereocenters. The van der Waals surface area contributed by atoms with Crippen molar-refractivity contribution in [1.29, 1.82) is 0 Å². The van der Waals surface area contributed by atoms with Gasteiger partial charge >= 0.3 is 0 Å². The summed E-state index contributed by atoms with van der Waals surface area (Å²) in [7, 11) is 5.62. The average molecular weight is 358 g/mol. The predicted octanol–water partition coefficient (Wildman–Crippen LogP) is 2.54. The molecule has 2 heterocycles. The SMILES string of the molecule is CCNC(=NCc1ccc(OC)nc1)N(C)Cc1cn(C)nc1C(C)C. The van der Waals surface area contributed by atoms with Crippen molar-refractivity contribution < 1.29 is 4.74 Å². The van der Waals surface area contributed by atoms with Crippen LogP contribution in [0.25, 0.3) is 0 Å². The fourth-order valence-electron chi connectivity index (χ4n) is 2.75. The third-order valence-corrected chi connectivity index (χ3v) is 4.01. The molecular weight excluding hydrogens is 328 g/mol. The van der Waals surface area contributed by atoms with Gasteiger partial charge < -0.3 is 15.0 Å². The van der Waals surface area contributed by atoms with Crippen LogP contribution in [-0.2, 0) is 20.1 Å². The predicted molar refractivity (Wildman–Crippen MR) is 104 cm³/mol. The molecule has 7 nitrogen and oxygen atoms in total. The minimum absolute atomic E-state index is 0.393. The summed E-state index contributed by atoms with van der Waals surface area (Å²) in [5.74, 6) is 1.87. The highest BCUT2D eigenvalue weighted by atomic mass is 16.5. The van der Waals surface area contributed by atoms with Gasteiger partial charge in [0.25, 0.3) is 0 Å². The van der Waals surface area contributed by atoms with Gasteiger partial charge in [0.05, 0.1) is 19.3 Å². The second kappa shape index (κ2) is 9.22. The quantitative estimate of drug-likeness (QED) is 0.608. The van der Waals surface area contributed by atoms with Crippen molar-refractivity contribution in [2.24, 2.45) is 12.0 Å². The van der Waals surface area contributed by atoms with Gasteiger partial charge in [0, 0.05) is 51.2 Å². The number of pyridine rings is 1. The van der Waals surface area contributed by atoms with Gasteiger partial charge in [-0.15, -0.1) is 0 Å². The highest BCUT2D eigenvalue weighted by molar-refractivity contribution is 5.79. The van der Waals surface area contributed by atoms with E-state index in [0.717, 1.165) is 30.3 Å². The van der Waals surface area contributed by atoms with Gasteiger partial charge in [-0.3, -0.25) is 4.68 Å². The Kier molecular flexibility index (Phi) is 7.00. The summed E-state index contributed by atoms with van der Waals surface area (Å²) >= 11 is 0. The van der Waals surface area contributed by atoms with Crippen LogP contribution in [0.5, 0.6) is 5.88 Å². The molecule has 0 spiro atoms. The number of ether oxygens (including phenoxy) is 1. The second-order valence-corrected chi connectivity index (χ2v) is 6.60. The molecule has 7 heteroatoms. The molecule has 1 N–H and O–H groups in total. The Morgan fingerprint density at radius 3 is 2.73 bits per heavy atom. The molecule has 0 aromatic carbocycles. The topological polar surface area (TPSA) is 67.6 Å². The number of aryl methyl sites for hydroxylation is 1. The number of hydrogen-bond donors (Lipinski definition) is 1. The van der Waals surface area contributed by atoms with Crippen LogP contribution in [0.2, 0.25) is 0 Å². The number of hydrogen-bond acceptors (Lipinski definition) is 4. The number of aromatic nitrogens is 3. The normalized spacial score (nSPS) is 11.7. The molecular formula is C19H30N6O. The highest BCUT2D eigenvalue weighted by Gasteiger charge is 2.15. The van der Waals surface area contributed by atoms with E-state index in [0.29, 0.717) is 18.3 Å². The van der Waals surface area contributed by atoms with Crippen LogP contribution < -0.4 is 10.1 Å². The van der Waals surface area contributed by atoms with Crippen molar-refractivity contribution in [1.82, 2.24) is 25.0 Å². The Morgan fingerprint density at radius 1 is 1.38 bits per heavy atom. The summed E-state index contributed by atoms with van der Waals surface area (Å²) in [5, 5.41) is 7.94. The lowest BCUT2D eigenvalue weighted by atomic mass is 10.1. The molecule has 0 amide bonds. The highest BCUT2D eigenvalue weighted by Crippen LogP contribution is 2.18. The number of nitrogens with one attached hydrogen (secondary N) is 1. The minimum Gasteiger partial charge on any atom is -0.481 e. The Bertz CT molecular complexity index is 720. The lowest BCUT2D eigenvalue weighted by Gasteiger charge is -2.22. The average Bonchev–Trinajstić information content (AvgIpc) is 2.99. The second-order valence-electron chi connectivity index (χ2n) is 6.60. The van der Waals surface area contributed by atoms with Crippen LogP contribution in [0.3, 0.4) is 0 Å². The maximum absolute atomic E-state index is 5.09. The van der Waals surface area contributed by atoms with Gasteiger partial charge in [0.15, 0.2) is 5.96 Å². The van der Waals surface area contributed by atoms with Gasteiger partial charge in [-0.1, -0.05) is 19.9 Å². The number of methoxy groups -OCH3 is 1. The van der Waals surface area contributed by atoms with E-state index in [1.165, 1.54) is 5.56 Å². The fraction of sp³-hybridized carbons (Fsp3) is 0.526. The van der Waals surface area contributed by atoms with Crippen LogP contribution in [0.1, 0.15) is 43.5 Å². The summed E-state index contributed by atoms with van der Waals surface area (Å²) in [6.45, 7) is 8.54. The first-order valence-electron chi connectivity index (χ1n) is 8.95. The summed E-state index contributed by atoms with van der Waals surface area (Å²) in [6, 6.07) is 3.84. The summed E-state index contributed by atoms with van der Waals surface area (Å²) < 4.78 is 6.98. The van der Waals surface area contributed by atoms with E-state index in [4.69, 9.17) is 9.73 Å². The molecule has 2 rings (SSSR count). The molecule has 2 aromatic rings. The first kappa shape index (κ1) is 19.8. The zero-order valence-electron chi connectivity index (χ0n) is 16.7. The van der Waals surface area contributed by atoms with Crippen LogP contribution in [0, 0.1) is 0 Å². The van der Waals surface area contributed by atoms with Gasteiger partial charge in [0.1, 0.15) is 0 Å².